The Bertz CT molecular complexity index is 844. The van der Waals surface area contributed by atoms with E-state index < -0.39 is 0 Å². The van der Waals surface area contributed by atoms with Gasteiger partial charge in [0, 0.05) is 5.92 Å². The maximum Gasteiger partial charge on any atom is 0.284 e. The number of benzene rings is 2. The average molecular weight is 320 g/mol. The van der Waals surface area contributed by atoms with Crippen LogP contribution in [0.5, 0.6) is 11.5 Å². The molecule has 0 amide bonds. The van der Waals surface area contributed by atoms with E-state index in [0.717, 1.165) is 24.3 Å². The summed E-state index contributed by atoms with van der Waals surface area (Å²) in [5, 5.41) is 7.30. The number of rotatable bonds is 4. The molecule has 1 aliphatic carbocycles. The molecule has 0 radical (unpaired) electrons. The van der Waals surface area contributed by atoms with Gasteiger partial charge in [0.15, 0.2) is 0 Å². The van der Waals surface area contributed by atoms with E-state index in [4.69, 9.17) is 9.15 Å². The number of carbonyl (C=O) groups is 1. The number of hydrogen-bond acceptors (Lipinski definition) is 5. The van der Waals surface area contributed by atoms with Gasteiger partial charge in [-0.3, -0.25) is 4.79 Å². The molecule has 1 heterocycles. The van der Waals surface area contributed by atoms with Gasteiger partial charge in [-0.15, -0.1) is 10.2 Å². The van der Waals surface area contributed by atoms with Crippen LogP contribution < -0.4 is 4.74 Å². The number of ketones is 1. The predicted molar refractivity (Wildman–Crippen MR) is 87.1 cm³/mol. The van der Waals surface area contributed by atoms with Gasteiger partial charge in [-0.1, -0.05) is 24.3 Å². The first kappa shape index (κ1) is 14.6. The minimum atomic E-state index is -0.0983. The van der Waals surface area contributed by atoms with E-state index >= 15 is 0 Å². The molecule has 1 atom stereocenters. The zero-order valence-electron chi connectivity index (χ0n) is 13.0. The van der Waals surface area contributed by atoms with Gasteiger partial charge in [0.2, 0.25) is 12.2 Å². The molecule has 1 unspecified atom stereocenters. The van der Waals surface area contributed by atoms with Crippen LogP contribution in [0, 0.1) is 5.92 Å². The molecular formula is C19H16N2O3. The minimum Gasteiger partial charge on any atom is -0.457 e. The van der Waals surface area contributed by atoms with Crippen molar-refractivity contribution in [3.8, 4) is 11.5 Å². The summed E-state index contributed by atoms with van der Waals surface area (Å²) in [5.74, 6) is 1.58. The summed E-state index contributed by atoms with van der Waals surface area (Å²) in [5.41, 5.74) is 2.41. The Balaban J connectivity index is 1.50. The van der Waals surface area contributed by atoms with Crippen molar-refractivity contribution in [3.05, 3.63) is 71.9 Å². The van der Waals surface area contributed by atoms with Gasteiger partial charge in [0.05, 0.1) is 0 Å². The number of para-hydroxylation sites is 1. The summed E-state index contributed by atoms with van der Waals surface area (Å²) >= 11 is 0. The van der Waals surface area contributed by atoms with Crippen LogP contribution in [0.3, 0.4) is 0 Å². The van der Waals surface area contributed by atoms with Crippen molar-refractivity contribution in [1.82, 2.24) is 10.2 Å². The average Bonchev–Trinajstić information content (AvgIpc) is 3.16. The first-order valence-electron chi connectivity index (χ1n) is 7.95. The fourth-order valence-electron chi connectivity index (χ4n) is 3.10. The van der Waals surface area contributed by atoms with Gasteiger partial charge in [-0.05, 0) is 54.7 Å². The van der Waals surface area contributed by atoms with Gasteiger partial charge >= 0.3 is 0 Å². The van der Waals surface area contributed by atoms with Crippen LogP contribution in [-0.2, 0) is 12.8 Å². The summed E-state index contributed by atoms with van der Waals surface area (Å²) in [6.45, 7) is 0. The second kappa shape index (κ2) is 6.28. The van der Waals surface area contributed by atoms with Gasteiger partial charge in [-0.2, -0.15) is 0 Å². The summed E-state index contributed by atoms with van der Waals surface area (Å²) in [7, 11) is 0. The van der Waals surface area contributed by atoms with Crippen LogP contribution in [-0.4, -0.2) is 16.0 Å². The fraction of sp³-hybridized carbons (Fsp3) is 0.211. The summed E-state index contributed by atoms with van der Waals surface area (Å²) in [6, 6.07) is 15.8. The van der Waals surface area contributed by atoms with E-state index in [-0.39, 0.29) is 17.6 Å². The van der Waals surface area contributed by atoms with E-state index in [2.05, 4.69) is 16.3 Å². The Morgan fingerprint density at radius 1 is 1.08 bits per heavy atom. The third-order valence-electron chi connectivity index (χ3n) is 4.33. The molecule has 2 aromatic carbocycles. The van der Waals surface area contributed by atoms with Crippen molar-refractivity contribution in [2.75, 3.05) is 0 Å². The highest BCUT2D eigenvalue weighted by molar-refractivity contribution is 5.93. The van der Waals surface area contributed by atoms with Gasteiger partial charge < -0.3 is 9.15 Å². The summed E-state index contributed by atoms with van der Waals surface area (Å²) in [6.07, 6.45) is 3.51. The number of nitrogens with zero attached hydrogens (tertiary/aromatic N) is 2. The molecule has 0 N–H and O–H groups in total. The molecule has 1 aliphatic rings. The number of carbonyl (C=O) groups excluding carboxylic acids is 1. The van der Waals surface area contributed by atoms with E-state index in [0.29, 0.717) is 6.42 Å². The minimum absolute atomic E-state index is 0.0669. The zero-order chi connectivity index (χ0) is 16.4. The lowest BCUT2D eigenvalue weighted by atomic mass is 9.81. The van der Waals surface area contributed by atoms with E-state index in [1.807, 2.05) is 42.5 Å². The molecule has 5 nitrogen and oxygen atoms in total. The van der Waals surface area contributed by atoms with Crippen molar-refractivity contribution < 1.29 is 13.9 Å². The van der Waals surface area contributed by atoms with E-state index in [1.54, 1.807) is 0 Å². The second-order valence-corrected chi connectivity index (χ2v) is 5.89. The van der Waals surface area contributed by atoms with Gasteiger partial charge in [0.1, 0.15) is 11.5 Å². The maximum atomic E-state index is 12.4. The molecular weight excluding hydrogens is 304 g/mol. The molecule has 0 spiro atoms. The quantitative estimate of drug-likeness (QED) is 0.683. The zero-order valence-corrected chi connectivity index (χ0v) is 13.0. The molecule has 0 aliphatic heterocycles. The molecule has 0 bridgehead atoms. The smallest absolute Gasteiger partial charge is 0.284 e. The highest BCUT2D eigenvalue weighted by atomic mass is 16.5. The number of fused-ring (bicyclic) bond motifs is 1. The highest BCUT2D eigenvalue weighted by Gasteiger charge is 2.28. The molecule has 1 aromatic heterocycles. The fourth-order valence-corrected chi connectivity index (χ4v) is 3.10. The Labute approximate surface area is 139 Å². The highest BCUT2D eigenvalue weighted by Crippen LogP contribution is 2.31. The monoisotopic (exact) mass is 320 g/mol. The first-order valence-corrected chi connectivity index (χ1v) is 7.95. The normalized spacial score (nSPS) is 16.4. The molecule has 0 saturated carbocycles. The molecule has 3 aromatic rings. The summed E-state index contributed by atoms with van der Waals surface area (Å²) < 4.78 is 10.9. The van der Waals surface area contributed by atoms with E-state index in [1.165, 1.54) is 17.5 Å². The maximum absolute atomic E-state index is 12.4. The van der Waals surface area contributed by atoms with E-state index in [9.17, 15) is 4.79 Å². The Morgan fingerprint density at radius 3 is 2.75 bits per heavy atom. The molecule has 5 heteroatoms. The van der Waals surface area contributed by atoms with Crippen LogP contribution >= 0.6 is 0 Å². The lowest BCUT2D eigenvalue weighted by molar-refractivity contribution is 0.0872. The van der Waals surface area contributed by atoms with Crippen LogP contribution in [0.15, 0.2) is 59.3 Å². The molecule has 0 fully saturated rings. The van der Waals surface area contributed by atoms with Crippen LogP contribution in [0.1, 0.15) is 28.2 Å². The number of ether oxygens (including phenoxy) is 1. The third-order valence-corrected chi connectivity index (χ3v) is 4.33. The topological polar surface area (TPSA) is 65.2 Å². The van der Waals surface area contributed by atoms with Gasteiger partial charge in [0.25, 0.3) is 5.89 Å². The largest absolute Gasteiger partial charge is 0.457 e. The second-order valence-electron chi connectivity index (χ2n) is 5.89. The standard InChI is InChI=1S/C19H16N2O3/c22-18(19-21-20-12-23-19)15-7-6-14-11-17(9-8-13(14)10-15)24-16-4-2-1-3-5-16/h1-5,8-9,11-12,15H,6-7,10H2. The molecule has 4 rings (SSSR count). The number of hydrogen-bond donors (Lipinski definition) is 0. The number of aromatic nitrogens is 2. The number of aryl methyl sites for hydroxylation is 1. The van der Waals surface area contributed by atoms with Crippen molar-refractivity contribution in [2.24, 2.45) is 5.92 Å². The van der Waals surface area contributed by atoms with Crippen LogP contribution in [0.2, 0.25) is 0 Å². The van der Waals surface area contributed by atoms with Crippen molar-refractivity contribution >= 4 is 5.78 Å². The Kier molecular flexibility index (Phi) is 3.83. The molecule has 0 saturated heterocycles. The van der Waals surface area contributed by atoms with Crippen LogP contribution in [0.4, 0.5) is 0 Å². The predicted octanol–water partition coefficient (Wildman–Crippen LogP) is 3.85. The molecule has 120 valence electrons. The summed E-state index contributed by atoms with van der Waals surface area (Å²) in [4.78, 5) is 12.4. The molecule has 24 heavy (non-hydrogen) atoms. The lowest BCUT2D eigenvalue weighted by Crippen LogP contribution is -2.23. The van der Waals surface area contributed by atoms with Crippen LogP contribution in [0.25, 0.3) is 0 Å². The Morgan fingerprint density at radius 2 is 1.96 bits per heavy atom. The number of Topliss-reactive ketones (excluding diaryl/α,β-unsaturated/α-hetero) is 1. The third kappa shape index (κ3) is 2.93. The van der Waals surface area contributed by atoms with Crippen molar-refractivity contribution in [1.29, 1.82) is 0 Å². The van der Waals surface area contributed by atoms with Gasteiger partial charge in [-0.25, -0.2) is 0 Å². The Hall–Kier alpha value is -2.95. The SMILES string of the molecule is O=C(c1nnco1)C1CCc2cc(Oc3ccccc3)ccc2C1. The first-order chi connectivity index (χ1) is 11.8. The lowest BCUT2D eigenvalue weighted by Gasteiger charge is -2.23. The van der Waals surface area contributed by atoms with Crippen molar-refractivity contribution in [3.63, 3.8) is 0 Å². The van der Waals surface area contributed by atoms with Crippen molar-refractivity contribution in [2.45, 2.75) is 19.3 Å².